The molecule has 0 aliphatic carbocycles. The first-order valence-electron chi connectivity index (χ1n) is 9.27. The number of carbonyl (C=O) groups is 1. The predicted octanol–water partition coefficient (Wildman–Crippen LogP) is 3.60. The number of piperidine rings is 1. The number of methoxy groups -OCH3 is 2. The molecule has 26 heavy (non-hydrogen) atoms. The standard InChI is InChI=1S/C20H32N2O3.ClH/c1-5-6-11-21(2)20(23)16-9-12-22(13-10-16)15-17-7-8-18(24-3)14-19(17)25-4;/h7-8,14,16H,5-6,9-13,15H2,1-4H3;1H. The van der Waals surface area contributed by atoms with Crippen molar-refractivity contribution in [2.24, 2.45) is 5.92 Å². The van der Waals surface area contributed by atoms with Crippen molar-refractivity contribution >= 4 is 18.3 Å². The van der Waals surface area contributed by atoms with Crippen LogP contribution in [0, 0.1) is 5.92 Å². The molecule has 1 saturated heterocycles. The summed E-state index contributed by atoms with van der Waals surface area (Å²) in [7, 11) is 5.29. The average Bonchev–Trinajstić information content (AvgIpc) is 2.66. The molecule has 1 aliphatic heterocycles. The van der Waals surface area contributed by atoms with Crippen LogP contribution in [0.4, 0.5) is 0 Å². The van der Waals surface area contributed by atoms with E-state index in [1.807, 2.05) is 24.1 Å². The van der Waals surface area contributed by atoms with Crippen molar-refractivity contribution in [3.8, 4) is 11.5 Å². The molecule has 0 unspecified atom stereocenters. The number of carbonyl (C=O) groups excluding carboxylic acids is 1. The summed E-state index contributed by atoms with van der Waals surface area (Å²) < 4.78 is 10.7. The highest BCUT2D eigenvalue weighted by Crippen LogP contribution is 2.27. The number of nitrogens with zero attached hydrogens (tertiary/aromatic N) is 2. The Hall–Kier alpha value is -1.46. The summed E-state index contributed by atoms with van der Waals surface area (Å²) in [6, 6.07) is 5.96. The number of benzene rings is 1. The molecule has 1 amide bonds. The van der Waals surface area contributed by atoms with Crippen molar-refractivity contribution in [1.29, 1.82) is 0 Å². The Balaban J connectivity index is 0.00000338. The van der Waals surface area contributed by atoms with Crippen LogP contribution in [0.25, 0.3) is 0 Å². The van der Waals surface area contributed by atoms with Gasteiger partial charge in [-0.15, -0.1) is 12.4 Å². The van der Waals surface area contributed by atoms with Gasteiger partial charge in [-0.2, -0.15) is 0 Å². The lowest BCUT2D eigenvalue weighted by atomic mass is 9.95. The Labute approximate surface area is 164 Å². The summed E-state index contributed by atoms with van der Waals surface area (Å²) in [5.41, 5.74) is 1.16. The summed E-state index contributed by atoms with van der Waals surface area (Å²) in [5, 5.41) is 0. The van der Waals surface area contributed by atoms with Gasteiger partial charge in [0.25, 0.3) is 0 Å². The second-order valence-electron chi connectivity index (χ2n) is 6.84. The first-order chi connectivity index (χ1) is 12.1. The van der Waals surface area contributed by atoms with E-state index in [0.29, 0.717) is 5.91 Å². The lowest BCUT2D eigenvalue weighted by molar-refractivity contribution is -0.135. The third kappa shape index (κ3) is 6.06. The molecular weight excluding hydrogens is 352 g/mol. The second kappa shape index (κ2) is 11.3. The van der Waals surface area contributed by atoms with E-state index in [-0.39, 0.29) is 18.3 Å². The fourth-order valence-electron chi connectivity index (χ4n) is 3.38. The maximum Gasteiger partial charge on any atom is 0.225 e. The SMILES string of the molecule is CCCCN(C)C(=O)C1CCN(Cc2ccc(OC)cc2OC)CC1.Cl. The normalized spacial score (nSPS) is 15.2. The summed E-state index contributed by atoms with van der Waals surface area (Å²) in [4.78, 5) is 16.8. The molecule has 148 valence electrons. The molecular formula is C20H33ClN2O3. The van der Waals surface area contributed by atoms with Crippen LogP contribution in [0.5, 0.6) is 11.5 Å². The fourth-order valence-corrected chi connectivity index (χ4v) is 3.38. The van der Waals surface area contributed by atoms with Gasteiger partial charge in [-0.25, -0.2) is 0 Å². The van der Waals surface area contributed by atoms with Gasteiger partial charge in [0.2, 0.25) is 5.91 Å². The second-order valence-corrected chi connectivity index (χ2v) is 6.84. The van der Waals surface area contributed by atoms with E-state index in [0.717, 1.165) is 68.9 Å². The molecule has 0 aromatic heterocycles. The number of halogens is 1. The van der Waals surface area contributed by atoms with Gasteiger partial charge in [-0.1, -0.05) is 19.4 Å². The minimum Gasteiger partial charge on any atom is -0.497 e. The minimum absolute atomic E-state index is 0. The van der Waals surface area contributed by atoms with Gasteiger partial charge in [0.05, 0.1) is 14.2 Å². The molecule has 5 nitrogen and oxygen atoms in total. The van der Waals surface area contributed by atoms with Crippen molar-refractivity contribution in [2.45, 2.75) is 39.2 Å². The molecule has 1 heterocycles. The van der Waals surface area contributed by atoms with Crippen LogP contribution in [-0.2, 0) is 11.3 Å². The molecule has 0 bridgehead atoms. The van der Waals surface area contributed by atoms with E-state index in [1.54, 1.807) is 14.2 Å². The number of hydrogen-bond donors (Lipinski definition) is 0. The first-order valence-corrected chi connectivity index (χ1v) is 9.27. The van der Waals surface area contributed by atoms with E-state index in [2.05, 4.69) is 17.9 Å². The third-order valence-electron chi connectivity index (χ3n) is 5.05. The highest BCUT2D eigenvalue weighted by Gasteiger charge is 2.27. The van der Waals surface area contributed by atoms with Gasteiger partial charge < -0.3 is 14.4 Å². The summed E-state index contributed by atoms with van der Waals surface area (Å²) in [6.07, 6.45) is 4.08. The number of likely N-dealkylation sites (tertiary alicyclic amines) is 1. The van der Waals surface area contributed by atoms with Crippen molar-refractivity contribution < 1.29 is 14.3 Å². The van der Waals surface area contributed by atoms with E-state index >= 15 is 0 Å². The van der Waals surface area contributed by atoms with E-state index in [1.165, 1.54) is 0 Å². The van der Waals surface area contributed by atoms with Gasteiger partial charge in [-0.3, -0.25) is 9.69 Å². The topological polar surface area (TPSA) is 42.0 Å². The van der Waals surface area contributed by atoms with E-state index in [4.69, 9.17) is 9.47 Å². The van der Waals surface area contributed by atoms with Crippen LogP contribution in [0.15, 0.2) is 18.2 Å². The highest BCUT2D eigenvalue weighted by molar-refractivity contribution is 5.85. The molecule has 0 spiro atoms. The van der Waals surface area contributed by atoms with Crippen molar-refractivity contribution in [3.05, 3.63) is 23.8 Å². The van der Waals surface area contributed by atoms with E-state index < -0.39 is 0 Å². The largest absolute Gasteiger partial charge is 0.497 e. The maximum atomic E-state index is 12.5. The summed E-state index contributed by atoms with van der Waals surface area (Å²) in [6.45, 7) is 5.78. The zero-order chi connectivity index (χ0) is 18.2. The molecule has 1 fully saturated rings. The lowest BCUT2D eigenvalue weighted by Gasteiger charge is -2.33. The van der Waals surface area contributed by atoms with Gasteiger partial charge >= 0.3 is 0 Å². The zero-order valence-corrected chi connectivity index (χ0v) is 17.3. The van der Waals surface area contributed by atoms with Crippen LogP contribution in [0.2, 0.25) is 0 Å². The molecule has 1 aromatic rings. The molecule has 6 heteroatoms. The monoisotopic (exact) mass is 384 g/mol. The van der Waals surface area contributed by atoms with Crippen LogP contribution in [-0.4, -0.2) is 56.6 Å². The first kappa shape index (κ1) is 22.6. The Morgan fingerprint density at radius 3 is 2.50 bits per heavy atom. The quantitative estimate of drug-likeness (QED) is 0.686. The highest BCUT2D eigenvalue weighted by atomic mass is 35.5. The maximum absolute atomic E-state index is 12.5. The van der Waals surface area contributed by atoms with Gasteiger partial charge in [-0.05, 0) is 38.4 Å². The molecule has 1 aliphatic rings. The minimum atomic E-state index is 0. The smallest absolute Gasteiger partial charge is 0.225 e. The number of unbranched alkanes of at least 4 members (excludes halogenated alkanes) is 1. The van der Waals surface area contributed by atoms with Crippen LogP contribution < -0.4 is 9.47 Å². The Morgan fingerprint density at radius 1 is 1.23 bits per heavy atom. The van der Waals surface area contributed by atoms with Crippen LogP contribution in [0.1, 0.15) is 38.2 Å². The van der Waals surface area contributed by atoms with Crippen LogP contribution in [0.3, 0.4) is 0 Å². The molecule has 0 saturated carbocycles. The Kier molecular flexibility index (Phi) is 9.81. The Morgan fingerprint density at radius 2 is 1.92 bits per heavy atom. The molecule has 0 radical (unpaired) electrons. The van der Waals surface area contributed by atoms with Crippen molar-refractivity contribution in [1.82, 2.24) is 9.80 Å². The fraction of sp³-hybridized carbons (Fsp3) is 0.650. The molecule has 0 atom stereocenters. The summed E-state index contributed by atoms with van der Waals surface area (Å²) in [5.74, 6) is 2.16. The van der Waals surface area contributed by atoms with Crippen molar-refractivity contribution in [3.63, 3.8) is 0 Å². The molecule has 1 aromatic carbocycles. The number of rotatable bonds is 8. The van der Waals surface area contributed by atoms with Gasteiger partial charge in [0, 0.05) is 37.7 Å². The van der Waals surface area contributed by atoms with Gasteiger partial charge in [0.1, 0.15) is 11.5 Å². The Bertz CT molecular complexity index is 560. The lowest BCUT2D eigenvalue weighted by Crippen LogP contribution is -2.41. The van der Waals surface area contributed by atoms with Crippen LogP contribution >= 0.6 is 12.4 Å². The third-order valence-corrected chi connectivity index (χ3v) is 5.05. The number of amides is 1. The molecule has 2 rings (SSSR count). The van der Waals surface area contributed by atoms with Gasteiger partial charge in [0.15, 0.2) is 0 Å². The van der Waals surface area contributed by atoms with Crippen molar-refractivity contribution in [2.75, 3.05) is 40.9 Å². The average molecular weight is 385 g/mol. The number of ether oxygens (including phenoxy) is 2. The zero-order valence-electron chi connectivity index (χ0n) is 16.5. The molecule has 0 N–H and O–H groups in total. The predicted molar refractivity (Wildman–Crippen MR) is 107 cm³/mol. The summed E-state index contributed by atoms with van der Waals surface area (Å²) >= 11 is 0. The van der Waals surface area contributed by atoms with E-state index in [9.17, 15) is 4.79 Å². The number of hydrogen-bond acceptors (Lipinski definition) is 4.